The summed E-state index contributed by atoms with van der Waals surface area (Å²) in [6, 6.07) is 8.01. The van der Waals surface area contributed by atoms with Gasteiger partial charge in [0.2, 0.25) is 0 Å². The summed E-state index contributed by atoms with van der Waals surface area (Å²) in [7, 11) is 0. The molecule has 0 radical (unpaired) electrons. The molecule has 0 aromatic heterocycles. The van der Waals surface area contributed by atoms with Gasteiger partial charge < -0.3 is 15.7 Å². The van der Waals surface area contributed by atoms with E-state index in [4.69, 9.17) is 0 Å². The second-order valence-corrected chi connectivity index (χ2v) is 7.01. The zero-order chi connectivity index (χ0) is 14.1. The van der Waals surface area contributed by atoms with Gasteiger partial charge in [0, 0.05) is 29.2 Å². The van der Waals surface area contributed by atoms with Crippen LogP contribution in [0.2, 0.25) is 0 Å². The van der Waals surface area contributed by atoms with Crippen molar-refractivity contribution in [2.45, 2.75) is 64.2 Å². The van der Waals surface area contributed by atoms with Crippen LogP contribution in [-0.2, 0) is 6.54 Å². The molecule has 1 aromatic carbocycles. The highest BCUT2D eigenvalue weighted by Gasteiger charge is 2.37. The number of para-hydroxylation sites is 1. The van der Waals surface area contributed by atoms with E-state index >= 15 is 0 Å². The van der Waals surface area contributed by atoms with Gasteiger partial charge in [-0.05, 0) is 46.6 Å². The molecule has 1 aromatic rings. The van der Waals surface area contributed by atoms with Crippen LogP contribution >= 0.6 is 0 Å². The molecule has 0 bridgehead atoms. The quantitative estimate of drug-likeness (QED) is 0.785. The summed E-state index contributed by atoms with van der Waals surface area (Å²) in [6.45, 7) is 9.74. The molecule has 1 aliphatic heterocycles. The van der Waals surface area contributed by atoms with Gasteiger partial charge in [0.25, 0.3) is 0 Å². The molecule has 1 heterocycles. The topological polar surface area (TPSA) is 44.3 Å². The minimum Gasteiger partial charge on any atom is -0.508 e. The fourth-order valence-electron chi connectivity index (χ4n) is 3.38. The largest absolute Gasteiger partial charge is 0.508 e. The van der Waals surface area contributed by atoms with Crippen molar-refractivity contribution in [1.82, 2.24) is 10.6 Å². The minimum absolute atomic E-state index is 0.151. The summed E-state index contributed by atoms with van der Waals surface area (Å²) in [5.74, 6) is 0.377. The highest BCUT2D eigenvalue weighted by atomic mass is 16.3. The number of phenols is 1. The van der Waals surface area contributed by atoms with Crippen molar-refractivity contribution in [3.05, 3.63) is 29.8 Å². The van der Waals surface area contributed by atoms with Gasteiger partial charge in [0.1, 0.15) is 5.75 Å². The molecule has 3 nitrogen and oxygen atoms in total. The van der Waals surface area contributed by atoms with Crippen LogP contribution in [0.3, 0.4) is 0 Å². The van der Waals surface area contributed by atoms with Gasteiger partial charge in [0.05, 0.1) is 0 Å². The summed E-state index contributed by atoms with van der Waals surface area (Å²) in [6.07, 6.45) is 2.20. The van der Waals surface area contributed by atoms with Crippen molar-refractivity contribution in [1.29, 1.82) is 0 Å². The Hall–Kier alpha value is -1.06. The zero-order valence-corrected chi connectivity index (χ0v) is 12.5. The third-order valence-corrected chi connectivity index (χ3v) is 3.76. The summed E-state index contributed by atoms with van der Waals surface area (Å²) in [5, 5.41) is 17.1. The molecule has 0 aliphatic carbocycles. The Morgan fingerprint density at radius 2 is 1.74 bits per heavy atom. The normalized spacial score (nSPS) is 22.3. The standard InChI is InChI=1S/C16H26N2O/c1-15(2)9-13(10-16(3,4)18-15)17-11-12-7-5-6-8-14(12)19/h5-8,13,17-19H,9-11H2,1-4H3. The Balaban J connectivity index is 1.98. The number of benzene rings is 1. The first kappa shape index (κ1) is 14.4. The Labute approximate surface area is 116 Å². The molecule has 0 unspecified atom stereocenters. The first-order valence-corrected chi connectivity index (χ1v) is 7.07. The van der Waals surface area contributed by atoms with Gasteiger partial charge >= 0.3 is 0 Å². The van der Waals surface area contributed by atoms with Crippen molar-refractivity contribution in [3.63, 3.8) is 0 Å². The summed E-state index contributed by atoms with van der Waals surface area (Å²) in [5.41, 5.74) is 1.27. The van der Waals surface area contributed by atoms with Crippen LogP contribution < -0.4 is 10.6 Å². The Morgan fingerprint density at radius 1 is 1.16 bits per heavy atom. The number of piperidine rings is 1. The van der Waals surface area contributed by atoms with Gasteiger partial charge in [-0.2, -0.15) is 0 Å². The fraction of sp³-hybridized carbons (Fsp3) is 0.625. The van der Waals surface area contributed by atoms with Crippen molar-refractivity contribution in [3.8, 4) is 5.75 Å². The molecule has 106 valence electrons. The summed E-state index contributed by atoms with van der Waals surface area (Å²) < 4.78 is 0. The molecule has 1 aliphatic rings. The van der Waals surface area contributed by atoms with E-state index in [9.17, 15) is 5.11 Å². The third kappa shape index (κ3) is 3.95. The number of phenolic OH excluding ortho intramolecular Hbond substituents is 1. The SMILES string of the molecule is CC1(C)CC(NCc2ccccc2O)CC(C)(C)N1. The van der Waals surface area contributed by atoms with Crippen molar-refractivity contribution in [2.24, 2.45) is 0 Å². The van der Waals surface area contributed by atoms with E-state index in [1.807, 2.05) is 18.2 Å². The number of rotatable bonds is 3. The molecular weight excluding hydrogens is 236 g/mol. The van der Waals surface area contributed by atoms with E-state index in [0.717, 1.165) is 24.9 Å². The Morgan fingerprint density at radius 3 is 2.32 bits per heavy atom. The average molecular weight is 262 g/mol. The maximum Gasteiger partial charge on any atom is 0.120 e. The van der Waals surface area contributed by atoms with Crippen LogP contribution in [-0.4, -0.2) is 22.2 Å². The van der Waals surface area contributed by atoms with Crippen molar-refractivity contribution in [2.75, 3.05) is 0 Å². The van der Waals surface area contributed by atoms with Crippen LogP contribution in [0.15, 0.2) is 24.3 Å². The molecule has 0 saturated carbocycles. The van der Waals surface area contributed by atoms with E-state index in [0.29, 0.717) is 11.8 Å². The molecule has 0 amide bonds. The minimum atomic E-state index is 0.151. The molecule has 19 heavy (non-hydrogen) atoms. The van der Waals surface area contributed by atoms with Crippen LogP contribution in [0.4, 0.5) is 0 Å². The third-order valence-electron chi connectivity index (χ3n) is 3.76. The lowest BCUT2D eigenvalue weighted by atomic mass is 9.79. The van der Waals surface area contributed by atoms with E-state index in [1.54, 1.807) is 6.07 Å². The van der Waals surface area contributed by atoms with Gasteiger partial charge in [-0.1, -0.05) is 18.2 Å². The number of hydrogen-bond acceptors (Lipinski definition) is 3. The van der Waals surface area contributed by atoms with Crippen molar-refractivity contribution >= 4 is 0 Å². The van der Waals surface area contributed by atoms with E-state index < -0.39 is 0 Å². The van der Waals surface area contributed by atoms with E-state index in [-0.39, 0.29) is 11.1 Å². The van der Waals surface area contributed by atoms with Gasteiger partial charge in [-0.15, -0.1) is 0 Å². The van der Waals surface area contributed by atoms with Crippen LogP contribution in [0.1, 0.15) is 46.1 Å². The van der Waals surface area contributed by atoms with Gasteiger partial charge in [0.15, 0.2) is 0 Å². The highest BCUT2D eigenvalue weighted by molar-refractivity contribution is 5.31. The predicted octanol–water partition coefficient (Wildman–Crippen LogP) is 2.79. The number of hydrogen-bond donors (Lipinski definition) is 3. The first-order valence-electron chi connectivity index (χ1n) is 7.07. The predicted molar refractivity (Wildman–Crippen MR) is 79.3 cm³/mol. The summed E-state index contributed by atoms with van der Waals surface area (Å²) >= 11 is 0. The monoisotopic (exact) mass is 262 g/mol. The lowest BCUT2D eigenvalue weighted by Gasteiger charge is -2.46. The molecule has 1 saturated heterocycles. The zero-order valence-electron chi connectivity index (χ0n) is 12.5. The lowest BCUT2D eigenvalue weighted by Crippen LogP contribution is -2.61. The van der Waals surface area contributed by atoms with E-state index in [1.165, 1.54) is 0 Å². The van der Waals surface area contributed by atoms with Gasteiger partial charge in [-0.3, -0.25) is 0 Å². The Kier molecular flexibility index (Phi) is 3.88. The molecule has 0 atom stereocenters. The first-order chi connectivity index (χ1) is 8.77. The van der Waals surface area contributed by atoms with E-state index in [2.05, 4.69) is 38.3 Å². The molecule has 3 N–H and O–H groups in total. The lowest BCUT2D eigenvalue weighted by molar-refractivity contribution is 0.145. The highest BCUT2D eigenvalue weighted by Crippen LogP contribution is 2.29. The maximum absolute atomic E-state index is 9.79. The fourth-order valence-corrected chi connectivity index (χ4v) is 3.38. The van der Waals surface area contributed by atoms with Crippen LogP contribution in [0.25, 0.3) is 0 Å². The van der Waals surface area contributed by atoms with Crippen LogP contribution in [0.5, 0.6) is 5.75 Å². The number of aromatic hydroxyl groups is 1. The maximum atomic E-state index is 9.79. The molecule has 0 spiro atoms. The molecule has 3 heteroatoms. The number of nitrogens with one attached hydrogen (secondary N) is 2. The van der Waals surface area contributed by atoms with Crippen LogP contribution in [0, 0.1) is 0 Å². The Bertz CT molecular complexity index is 424. The molecule has 1 fully saturated rings. The molecule has 2 rings (SSSR count). The van der Waals surface area contributed by atoms with Crippen molar-refractivity contribution < 1.29 is 5.11 Å². The second-order valence-electron chi connectivity index (χ2n) is 7.01. The smallest absolute Gasteiger partial charge is 0.120 e. The molecular formula is C16H26N2O. The average Bonchev–Trinajstić information content (AvgIpc) is 2.23. The second kappa shape index (κ2) is 5.14. The van der Waals surface area contributed by atoms with Gasteiger partial charge in [-0.25, -0.2) is 0 Å². The summed E-state index contributed by atoms with van der Waals surface area (Å²) in [4.78, 5) is 0.